The van der Waals surface area contributed by atoms with Gasteiger partial charge in [0.25, 0.3) is 0 Å². The van der Waals surface area contributed by atoms with E-state index in [9.17, 15) is 19.8 Å². The summed E-state index contributed by atoms with van der Waals surface area (Å²) in [4.78, 5) is 20.8. The van der Waals surface area contributed by atoms with Gasteiger partial charge in [-0.05, 0) is 35.4 Å². The summed E-state index contributed by atoms with van der Waals surface area (Å²) in [5.41, 5.74) is 0.214. The zero-order valence-corrected chi connectivity index (χ0v) is 14.9. The molecule has 0 heterocycles. The van der Waals surface area contributed by atoms with Crippen LogP contribution in [0.25, 0.3) is 0 Å². The van der Waals surface area contributed by atoms with Crippen molar-refractivity contribution in [3.05, 3.63) is 47.5 Å². The van der Waals surface area contributed by atoms with Crippen molar-refractivity contribution >= 4 is 11.9 Å². The minimum Gasteiger partial charge on any atom is -0.504 e. The summed E-state index contributed by atoms with van der Waals surface area (Å²) in [7, 11) is 2.75. The Morgan fingerprint density at radius 2 is 1.07 bits per heavy atom. The zero-order chi connectivity index (χ0) is 21.4. The van der Waals surface area contributed by atoms with Crippen molar-refractivity contribution in [1.82, 2.24) is 0 Å². The molecule has 0 aliphatic carbocycles. The van der Waals surface area contributed by atoms with Gasteiger partial charge in [-0.2, -0.15) is 0 Å². The minimum absolute atomic E-state index is 0.107. The number of hydrogen-bond acceptors (Lipinski definition) is 8. The number of ether oxygens (including phenoxy) is 2. The molecular weight excluding hydrogens is 376 g/mol. The van der Waals surface area contributed by atoms with Crippen LogP contribution in [0.3, 0.4) is 0 Å². The summed E-state index contributed by atoms with van der Waals surface area (Å²) in [6.07, 6.45) is -3.27. The maximum absolute atomic E-state index is 10.4. The molecule has 0 aliphatic heterocycles. The molecule has 2 aromatic carbocycles. The van der Waals surface area contributed by atoms with Crippen LogP contribution in [0.2, 0.25) is 0 Å². The van der Waals surface area contributed by atoms with Gasteiger partial charge >= 0.3 is 11.9 Å². The number of methoxy groups -OCH3 is 2. The highest BCUT2D eigenvalue weighted by atomic mass is 16.5. The second-order valence-electron chi connectivity index (χ2n) is 5.34. The largest absolute Gasteiger partial charge is 0.504 e. The smallest absolute Gasteiger partial charge is 0.337 e. The van der Waals surface area contributed by atoms with Crippen LogP contribution in [0.4, 0.5) is 0 Å². The van der Waals surface area contributed by atoms with Crippen LogP contribution >= 0.6 is 0 Å². The van der Waals surface area contributed by atoms with Gasteiger partial charge in [-0.15, -0.1) is 0 Å². The molecule has 6 N–H and O–H groups in total. The van der Waals surface area contributed by atoms with E-state index in [-0.39, 0.29) is 34.1 Å². The summed E-state index contributed by atoms with van der Waals surface area (Å²) < 4.78 is 9.52. The molecule has 2 rings (SSSR count). The van der Waals surface area contributed by atoms with Gasteiger partial charge in [0.1, 0.15) is 0 Å². The Balaban J connectivity index is 0.000000280. The van der Waals surface area contributed by atoms with E-state index in [4.69, 9.17) is 29.9 Å². The first-order valence-electron chi connectivity index (χ1n) is 7.67. The number of carbonyl (C=O) groups is 2. The Bertz CT molecular complexity index is 764. The minimum atomic E-state index is -1.63. The van der Waals surface area contributed by atoms with Gasteiger partial charge in [0.05, 0.1) is 14.2 Å². The van der Waals surface area contributed by atoms with E-state index in [0.29, 0.717) is 0 Å². The quantitative estimate of drug-likeness (QED) is 0.414. The fourth-order valence-corrected chi connectivity index (χ4v) is 2.04. The number of aliphatic hydroxyl groups is 2. The first-order chi connectivity index (χ1) is 13.1. The third kappa shape index (κ3) is 5.76. The summed E-state index contributed by atoms with van der Waals surface area (Å²) in [5, 5.41) is 53.8. The molecule has 2 aromatic rings. The van der Waals surface area contributed by atoms with Crippen molar-refractivity contribution in [2.45, 2.75) is 12.2 Å². The molecule has 10 nitrogen and oxygen atoms in total. The molecule has 0 radical (unpaired) electrons. The van der Waals surface area contributed by atoms with Crippen LogP contribution in [0.1, 0.15) is 23.3 Å². The number of hydrogen-bond donors (Lipinski definition) is 6. The van der Waals surface area contributed by atoms with Crippen molar-refractivity contribution in [1.29, 1.82) is 0 Å². The first kappa shape index (κ1) is 22.5. The Morgan fingerprint density at radius 3 is 1.29 bits per heavy atom. The molecule has 0 amide bonds. The van der Waals surface area contributed by atoms with Gasteiger partial charge < -0.3 is 40.1 Å². The van der Waals surface area contributed by atoms with Crippen LogP contribution in [0.15, 0.2) is 36.4 Å². The Morgan fingerprint density at radius 1 is 0.750 bits per heavy atom. The summed E-state index contributed by atoms with van der Waals surface area (Å²) in [6.45, 7) is 0. The number of aromatic hydroxyl groups is 2. The van der Waals surface area contributed by atoms with E-state index in [1.54, 1.807) is 0 Å². The second-order valence-corrected chi connectivity index (χ2v) is 5.34. The monoisotopic (exact) mass is 396 g/mol. The van der Waals surface area contributed by atoms with E-state index in [0.717, 1.165) is 12.1 Å². The van der Waals surface area contributed by atoms with Crippen molar-refractivity contribution in [3.63, 3.8) is 0 Å². The van der Waals surface area contributed by atoms with Gasteiger partial charge in [0.2, 0.25) is 0 Å². The molecule has 0 aromatic heterocycles. The number of benzene rings is 2. The third-order valence-corrected chi connectivity index (χ3v) is 3.51. The lowest BCUT2D eigenvalue weighted by molar-refractivity contribution is -0.147. The van der Waals surface area contributed by atoms with E-state index < -0.39 is 24.1 Å². The fourth-order valence-electron chi connectivity index (χ4n) is 2.04. The molecule has 152 valence electrons. The molecule has 0 spiro atoms. The fraction of sp³-hybridized carbons (Fsp3) is 0.222. The van der Waals surface area contributed by atoms with E-state index in [1.165, 1.54) is 38.5 Å². The number of rotatable bonds is 6. The number of phenolic OH excluding ortho intramolecular Hbond substituents is 2. The molecular formula is C18H20O10. The van der Waals surface area contributed by atoms with Crippen molar-refractivity contribution in [2.75, 3.05) is 14.2 Å². The van der Waals surface area contributed by atoms with E-state index in [2.05, 4.69) is 0 Å². The normalized spacial score (nSPS) is 12.1. The first-order valence-corrected chi connectivity index (χ1v) is 7.67. The topological polar surface area (TPSA) is 174 Å². The number of phenols is 2. The summed E-state index contributed by atoms with van der Waals surface area (Å²) >= 11 is 0. The van der Waals surface area contributed by atoms with Gasteiger partial charge in [0.15, 0.2) is 35.2 Å². The van der Waals surface area contributed by atoms with Gasteiger partial charge in [-0.25, -0.2) is 9.59 Å². The maximum atomic E-state index is 10.4. The predicted octanol–water partition coefficient (Wildman–Crippen LogP) is 1.04. The lowest BCUT2D eigenvalue weighted by Gasteiger charge is -2.08. The molecule has 0 saturated carbocycles. The van der Waals surface area contributed by atoms with E-state index >= 15 is 0 Å². The number of aliphatic carboxylic acids is 2. The molecule has 2 atom stereocenters. The molecule has 0 aliphatic rings. The van der Waals surface area contributed by atoms with Gasteiger partial charge in [-0.1, -0.05) is 12.1 Å². The number of aliphatic hydroxyl groups excluding tert-OH is 2. The Hall–Kier alpha value is -3.50. The van der Waals surface area contributed by atoms with Crippen LogP contribution in [0, 0.1) is 0 Å². The molecule has 2 unspecified atom stereocenters. The molecule has 0 fully saturated rings. The van der Waals surface area contributed by atoms with Gasteiger partial charge in [-0.3, -0.25) is 0 Å². The van der Waals surface area contributed by atoms with Crippen molar-refractivity contribution in [3.8, 4) is 23.0 Å². The highest BCUT2D eigenvalue weighted by molar-refractivity contribution is 5.74. The predicted molar refractivity (Wildman–Crippen MR) is 94.5 cm³/mol. The maximum Gasteiger partial charge on any atom is 0.337 e. The van der Waals surface area contributed by atoms with Crippen LogP contribution < -0.4 is 9.47 Å². The zero-order valence-electron chi connectivity index (χ0n) is 14.9. The highest BCUT2D eigenvalue weighted by Crippen LogP contribution is 2.29. The van der Waals surface area contributed by atoms with Crippen molar-refractivity contribution in [2.24, 2.45) is 0 Å². The average molecular weight is 396 g/mol. The third-order valence-electron chi connectivity index (χ3n) is 3.51. The van der Waals surface area contributed by atoms with Crippen molar-refractivity contribution < 1.29 is 49.7 Å². The summed E-state index contributed by atoms with van der Waals surface area (Å²) in [5.74, 6) is -2.68. The van der Waals surface area contributed by atoms with Crippen LogP contribution in [0.5, 0.6) is 23.0 Å². The number of carboxylic acid groups (broad SMARTS) is 2. The molecule has 28 heavy (non-hydrogen) atoms. The summed E-state index contributed by atoms with van der Waals surface area (Å²) in [6, 6.07) is 7.82. The van der Waals surface area contributed by atoms with Crippen LogP contribution in [-0.2, 0) is 9.59 Å². The van der Waals surface area contributed by atoms with E-state index in [1.807, 2.05) is 0 Å². The average Bonchev–Trinajstić information content (AvgIpc) is 2.66. The van der Waals surface area contributed by atoms with Gasteiger partial charge in [0, 0.05) is 0 Å². The highest BCUT2D eigenvalue weighted by Gasteiger charge is 2.18. The molecule has 0 bridgehead atoms. The Kier molecular flexibility index (Phi) is 8.05. The lowest BCUT2D eigenvalue weighted by atomic mass is 10.1. The SMILES string of the molecule is COc1ccc(C(O)C(=O)O)cc1O.COc1ccc(C(O)C(=O)O)cc1O. The molecule has 0 saturated heterocycles. The molecule has 10 heteroatoms. The lowest BCUT2D eigenvalue weighted by Crippen LogP contribution is -2.10. The second kappa shape index (κ2) is 10.00. The standard InChI is InChI=1S/2C9H10O5/c2*1-14-7-3-2-5(4-6(7)10)8(11)9(12)13/h2*2-4,8,10-11H,1H3,(H,12,13). The number of carboxylic acids is 2. The Labute approximate surface area is 159 Å². The van der Waals surface area contributed by atoms with Crippen LogP contribution in [-0.4, -0.2) is 56.8 Å².